The molecule has 0 spiro atoms. The lowest BCUT2D eigenvalue weighted by molar-refractivity contribution is -0.128. The van der Waals surface area contributed by atoms with Gasteiger partial charge in [-0.05, 0) is 48.5 Å². The summed E-state index contributed by atoms with van der Waals surface area (Å²) in [5, 5.41) is 6.07. The molecule has 0 saturated heterocycles. The average molecular weight is 456 g/mol. The van der Waals surface area contributed by atoms with E-state index in [4.69, 9.17) is 13.9 Å². The number of fused-ring (bicyclic) bond motifs is 2. The van der Waals surface area contributed by atoms with Gasteiger partial charge in [-0.2, -0.15) is 0 Å². The zero-order valence-corrected chi connectivity index (χ0v) is 18.2. The van der Waals surface area contributed by atoms with Crippen molar-refractivity contribution in [2.45, 2.75) is 12.5 Å². The van der Waals surface area contributed by atoms with Crippen LogP contribution in [0.2, 0.25) is 0 Å². The molecule has 1 aromatic heterocycles. The Hall–Kier alpha value is -4.59. The monoisotopic (exact) mass is 456 g/mol. The minimum absolute atomic E-state index is 0.000855. The third kappa shape index (κ3) is 3.97. The third-order valence-corrected chi connectivity index (χ3v) is 5.50. The van der Waals surface area contributed by atoms with Crippen molar-refractivity contribution in [2.75, 3.05) is 17.7 Å². The summed E-state index contributed by atoms with van der Waals surface area (Å²) >= 11 is 0. The number of hydrogen-bond acceptors (Lipinski definition) is 6. The Morgan fingerprint density at radius 1 is 1.00 bits per heavy atom. The van der Waals surface area contributed by atoms with Gasteiger partial charge in [-0.1, -0.05) is 24.3 Å². The summed E-state index contributed by atoms with van der Waals surface area (Å²) in [6.07, 6.45) is -1.25. The van der Waals surface area contributed by atoms with E-state index in [0.29, 0.717) is 33.7 Å². The number of rotatable bonds is 6. The van der Waals surface area contributed by atoms with E-state index in [2.05, 4.69) is 10.6 Å². The first-order valence-electron chi connectivity index (χ1n) is 10.6. The smallest absolute Gasteiger partial charge is 0.266 e. The van der Waals surface area contributed by atoms with Gasteiger partial charge < -0.3 is 24.5 Å². The summed E-state index contributed by atoms with van der Waals surface area (Å²) < 4.78 is 16.7. The number of carbonyl (C=O) groups excluding carboxylic acids is 3. The van der Waals surface area contributed by atoms with Crippen LogP contribution in [0.1, 0.15) is 22.5 Å². The van der Waals surface area contributed by atoms with Crippen LogP contribution < -0.4 is 20.1 Å². The number of ketones is 1. The van der Waals surface area contributed by atoms with E-state index in [1.165, 1.54) is 0 Å². The summed E-state index contributed by atoms with van der Waals surface area (Å²) in [7, 11) is 1.54. The van der Waals surface area contributed by atoms with E-state index in [1.807, 2.05) is 0 Å². The van der Waals surface area contributed by atoms with Crippen LogP contribution in [0.5, 0.6) is 11.5 Å². The average Bonchev–Trinajstić information content (AvgIpc) is 3.22. The van der Waals surface area contributed by atoms with Gasteiger partial charge in [0.2, 0.25) is 11.7 Å². The van der Waals surface area contributed by atoms with E-state index in [1.54, 1.807) is 79.9 Å². The second-order valence-electron chi connectivity index (χ2n) is 7.70. The molecule has 0 fully saturated rings. The molecule has 8 heteroatoms. The van der Waals surface area contributed by atoms with Crippen molar-refractivity contribution in [1.82, 2.24) is 0 Å². The van der Waals surface area contributed by atoms with Gasteiger partial charge in [0.05, 0.1) is 24.9 Å². The number of methoxy groups -OCH3 is 1. The van der Waals surface area contributed by atoms with Gasteiger partial charge in [0.1, 0.15) is 17.1 Å². The van der Waals surface area contributed by atoms with Gasteiger partial charge in [0, 0.05) is 10.9 Å². The molecule has 4 aromatic rings. The van der Waals surface area contributed by atoms with Gasteiger partial charge >= 0.3 is 0 Å². The molecule has 0 bridgehead atoms. The quantitative estimate of drug-likeness (QED) is 0.417. The largest absolute Gasteiger partial charge is 0.497 e. The van der Waals surface area contributed by atoms with Crippen molar-refractivity contribution < 1.29 is 28.3 Å². The predicted octanol–water partition coefficient (Wildman–Crippen LogP) is 4.40. The molecule has 1 aliphatic heterocycles. The predicted molar refractivity (Wildman–Crippen MR) is 125 cm³/mol. The van der Waals surface area contributed by atoms with E-state index >= 15 is 0 Å². The zero-order chi connectivity index (χ0) is 23.7. The van der Waals surface area contributed by atoms with Crippen LogP contribution >= 0.6 is 0 Å². The fourth-order valence-corrected chi connectivity index (χ4v) is 3.79. The zero-order valence-electron chi connectivity index (χ0n) is 18.2. The topological polar surface area (TPSA) is 107 Å². The van der Waals surface area contributed by atoms with E-state index < -0.39 is 23.7 Å². The number of carbonyl (C=O) groups is 3. The van der Waals surface area contributed by atoms with Crippen molar-refractivity contribution in [2.24, 2.45) is 0 Å². The fourth-order valence-electron chi connectivity index (χ4n) is 3.79. The van der Waals surface area contributed by atoms with Gasteiger partial charge in [-0.15, -0.1) is 0 Å². The molecule has 5 rings (SSSR count). The molecular formula is C26H20N2O6. The van der Waals surface area contributed by atoms with Crippen molar-refractivity contribution >= 4 is 39.9 Å². The van der Waals surface area contributed by atoms with Crippen LogP contribution in [0.15, 0.2) is 77.2 Å². The molecular weight excluding hydrogens is 436 g/mol. The third-order valence-electron chi connectivity index (χ3n) is 5.50. The van der Waals surface area contributed by atoms with Gasteiger partial charge in [-0.25, -0.2) is 0 Å². The van der Waals surface area contributed by atoms with E-state index in [-0.39, 0.29) is 17.9 Å². The molecule has 0 saturated carbocycles. The van der Waals surface area contributed by atoms with Crippen LogP contribution in [-0.2, 0) is 9.59 Å². The van der Waals surface area contributed by atoms with Crippen LogP contribution in [0.3, 0.4) is 0 Å². The van der Waals surface area contributed by atoms with E-state index in [0.717, 1.165) is 0 Å². The summed E-state index contributed by atoms with van der Waals surface area (Å²) in [6.45, 7) is 0. The number of anilines is 2. The fraction of sp³-hybridized carbons (Fsp3) is 0.115. The van der Waals surface area contributed by atoms with Crippen LogP contribution in [0.4, 0.5) is 11.4 Å². The highest BCUT2D eigenvalue weighted by atomic mass is 16.5. The number of amides is 2. The maximum atomic E-state index is 13.2. The number of furan rings is 1. The van der Waals surface area contributed by atoms with Gasteiger partial charge in [0.25, 0.3) is 5.91 Å². The lowest BCUT2D eigenvalue weighted by Gasteiger charge is -2.25. The van der Waals surface area contributed by atoms with Gasteiger partial charge in [0.15, 0.2) is 11.9 Å². The molecule has 2 heterocycles. The normalized spacial score (nSPS) is 14.6. The molecule has 0 aliphatic carbocycles. The molecule has 1 unspecified atom stereocenters. The second-order valence-corrected chi connectivity index (χ2v) is 7.70. The number of para-hydroxylation sites is 3. The highest BCUT2D eigenvalue weighted by Gasteiger charge is 2.31. The first-order chi connectivity index (χ1) is 16.5. The Kier molecular flexibility index (Phi) is 5.47. The standard InChI is InChI=1S/C26H20N2O6/c1-32-16-12-10-15(11-13-16)24(30)25-23(17-6-2-4-8-19(17)34-25)28-22(29)14-21-26(31)27-18-7-3-5-9-20(18)33-21/h2-13,21H,14H2,1H3,(H,27,31)(H,28,29). The highest BCUT2D eigenvalue weighted by molar-refractivity contribution is 6.17. The van der Waals surface area contributed by atoms with Crippen molar-refractivity contribution in [3.8, 4) is 11.5 Å². The van der Waals surface area contributed by atoms with Crippen LogP contribution in [-0.4, -0.2) is 30.8 Å². The van der Waals surface area contributed by atoms with Crippen molar-refractivity contribution in [3.63, 3.8) is 0 Å². The highest BCUT2D eigenvalue weighted by Crippen LogP contribution is 2.34. The van der Waals surface area contributed by atoms with Gasteiger partial charge in [-0.3, -0.25) is 14.4 Å². The molecule has 2 amide bonds. The number of benzene rings is 3. The summed E-state index contributed by atoms with van der Waals surface area (Å²) in [6, 6.07) is 20.6. The number of nitrogens with one attached hydrogen (secondary N) is 2. The molecule has 2 N–H and O–H groups in total. The van der Waals surface area contributed by atoms with Crippen molar-refractivity contribution in [1.29, 1.82) is 0 Å². The molecule has 1 atom stereocenters. The molecule has 8 nitrogen and oxygen atoms in total. The lowest BCUT2D eigenvalue weighted by atomic mass is 10.1. The van der Waals surface area contributed by atoms with Crippen LogP contribution in [0.25, 0.3) is 11.0 Å². The maximum absolute atomic E-state index is 13.2. The first-order valence-corrected chi connectivity index (χ1v) is 10.6. The minimum Gasteiger partial charge on any atom is -0.497 e. The Labute approximate surface area is 194 Å². The first kappa shape index (κ1) is 21.3. The Morgan fingerprint density at radius 3 is 2.53 bits per heavy atom. The summed E-state index contributed by atoms with van der Waals surface area (Å²) in [5.41, 5.74) is 1.63. The van der Waals surface area contributed by atoms with Crippen LogP contribution in [0, 0.1) is 0 Å². The summed E-state index contributed by atoms with van der Waals surface area (Å²) in [4.78, 5) is 38.6. The SMILES string of the molecule is COc1ccc(C(=O)c2oc3ccccc3c2NC(=O)CC2Oc3ccccc3NC2=O)cc1. The molecule has 0 radical (unpaired) electrons. The molecule has 3 aromatic carbocycles. The minimum atomic E-state index is -1.01. The Balaban J connectivity index is 1.41. The van der Waals surface area contributed by atoms with Crippen molar-refractivity contribution in [3.05, 3.63) is 84.1 Å². The molecule has 1 aliphatic rings. The molecule has 34 heavy (non-hydrogen) atoms. The molecule has 170 valence electrons. The second kappa shape index (κ2) is 8.74. The Bertz CT molecular complexity index is 1410. The number of hydrogen-bond donors (Lipinski definition) is 2. The summed E-state index contributed by atoms with van der Waals surface area (Å²) in [5.74, 6) is -0.199. The Morgan fingerprint density at radius 2 is 1.74 bits per heavy atom. The maximum Gasteiger partial charge on any atom is 0.266 e. The van der Waals surface area contributed by atoms with E-state index in [9.17, 15) is 14.4 Å². The number of ether oxygens (including phenoxy) is 2. The lowest BCUT2D eigenvalue weighted by Crippen LogP contribution is -2.39.